The molecule has 1 aliphatic rings. The fourth-order valence-electron chi connectivity index (χ4n) is 4.55. The zero-order valence-electron chi connectivity index (χ0n) is 20.7. The van der Waals surface area contributed by atoms with Crippen LogP contribution in [0, 0.1) is 6.92 Å². The van der Waals surface area contributed by atoms with E-state index < -0.39 is 0 Å². The predicted octanol–water partition coefficient (Wildman–Crippen LogP) is 6.66. The third kappa shape index (κ3) is 5.02. The first-order chi connectivity index (χ1) is 15.7. The minimum atomic E-state index is -0.341. The number of allylic oxidation sites excluding steroid dienone is 1. The van der Waals surface area contributed by atoms with E-state index in [4.69, 9.17) is 0 Å². The smallest absolute Gasteiger partial charge is 0.320 e. The van der Waals surface area contributed by atoms with Crippen molar-refractivity contribution < 1.29 is 15.0 Å². The second-order valence-corrected chi connectivity index (χ2v) is 9.39. The first kappa shape index (κ1) is 24.7. The molecule has 0 aliphatic carbocycles. The third-order valence-corrected chi connectivity index (χ3v) is 6.79. The maximum Gasteiger partial charge on any atom is 0.320 e. The van der Waals surface area contributed by atoms with Crippen molar-refractivity contribution in [2.45, 2.75) is 65.8 Å². The number of carbonyl (C=O) groups is 1. The highest BCUT2D eigenvalue weighted by Gasteiger charge is 2.31. The number of urea groups is 1. The number of likely N-dealkylation sites (tertiary alicyclic amines) is 1. The quantitative estimate of drug-likeness (QED) is 0.442. The molecule has 1 atom stereocenters. The molecule has 2 amide bonds. The SMILES string of the molecule is C=C(C)c1ccc(C)cc1-c1c(O)cc(CCCCC)c(C(C)N(C)C(=O)N2CCC2)c1O. The molecule has 1 saturated heterocycles. The molecule has 2 aromatic rings. The van der Waals surface area contributed by atoms with E-state index in [1.165, 1.54) is 0 Å². The van der Waals surface area contributed by atoms with E-state index >= 15 is 0 Å². The summed E-state index contributed by atoms with van der Waals surface area (Å²) < 4.78 is 0. The van der Waals surface area contributed by atoms with Crippen molar-refractivity contribution in [1.29, 1.82) is 0 Å². The Bertz CT molecular complexity index is 1040. The van der Waals surface area contributed by atoms with Crippen molar-refractivity contribution in [3.63, 3.8) is 0 Å². The van der Waals surface area contributed by atoms with Gasteiger partial charge in [-0.05, 0) is 62.8 Å². The molecule has 0 spiro atoms. The van der Waals surface area contributed by atoms with Gasteiger partial charge in [0.15, 0.2) is 0 Å². The first-order valence-corrected chi connectivity index (χ1v) is 12.0. The average molecular weight is 451 g/mol. The summed E-state index contributed by atoms with van der Waals surface area (Å²) in [6.07, 6.45) is 4.88. The average Bonchev–Trinajstić information content (AvgIpc) is 2.71. The van der Waals surface area contributed by atoms with Gasteiger partial charge >= 0.3 is 6.03 Å². The minimum absolute atomic E-state index is 0.0273. The highest BCUT2D eigenvalue weighted by Crippen LogP contribution is 2.47. The van der Waals surface area contributed by atoms with Crippen LogP contribution in [0.3, 0.4) is 0 Å². The van der Waals surface area contributed by atoms with Crippen LogP contribution in [0.2, 0.25) is 0 Å². The Labute approximate surface area is 198 Å². The number of hydrogen-bond acceptors (Lipinski definition) is 3. The number of phenols is 2. The van der Waals surface area contributed by atoms with Crippen molar-refractivity contribution >= 4 is 11.6 Å². The van der Waals surface area contributed by atoms with Crippen molar-refractivity contribution in [3.05, 3.63) is 53.1 Å². The highest BCUT2D eigenvalue weighted by atomic mass is 16.3. The van der Waals surface area contributed by atoms with Gasteiger partial charge in [-0.2, -0.15) is 0 Å². The number of benzene rings is 2. The minimum Gasteiger partial charge on any atom is -0.507 e. The van der Waals surface area contributed by atoms with Crippen LogP contribution in [0.15, 0.2) is 30.8 Å². The van der Waals surface area contributed by atoms with Gasteiger partial charge in [0.1, 0.15) is 11.5 Å². The lowest BCUT2D eigenvalue weighted by Gasteiger charge is -2.37. The summed E-state index contributed by atoms with van der Waals surface area (Å²) in [7, 11) is 1.79. The van der Waals surface area contributed by atoms with Crippen molar-refractivity contribution in [2.24, 2.45) is 0 Å². The van der Waals surface area contributed by atoms with Gasteiger partial charge in [-0.15, -0.1) is 0 Å². The molecule has 0 aromatic heterocycles. The van der Waals surface area contributed by atoms with Crippen LogP contribution in [-0.4, -0.2) is 46.2 Å². The fraction of sp³-hybridized carbons (Fsp3) is 0.464. The van der Waals surface area contributed by atoms with Crippen molar-refractivity contribution in [3.8, 4) is 22.6 Å². The molecule has 0 saturated carbocycles. The van der Waals surface area contributed by atoms with Crippen LogP contribution in [0.5, 0.6) is 11.5 Å². The zero-order chi connectivity index (χ0) is 24.3. The number of unbranched alkanes of at least 4 members (excludes halogenated alkanes) is 2. The summed E-state index contributed by atoms with van der Waals surface area (Å²) in [4.78, 5) is 16.5. The van der Waals surface area contributed by atoms with E-state index in [-0.39, 0.29) is 23.6 Å². The molecule has 1 unspecified atom stereocenters. The van der Waals surface area contributed by atoms with Crippen LogP contribution in [0.4, 0.5) is 4.79 Å². The molecule has 2 aromatic carbocycles. The largest absolute Gasteiger partial charge is 0.507 e. The second kappa shape index (κ2) is 10.3. The number of aromatic hydroxyl groups is 2. The number of nitrogens with zero attached hydrogens (tertiary/aromatic N) is 2. The number of rotatable bonds is 8. The Morgan fingerprint density at radius 3 is 2.48 bits per heavy atom. The molecule has 0 radical (unpaired) electrons. The topological polar surface area (TPSA) is 64.0 Å². The maximum atomic E-state index is 12.9. The Balaban J connectivity index is 2.16. The van der Waals surface area contributed by atoms with Crippen LogP contribution in [0.1, 0.15) is 74.8 Å². The van der Waals surface area contributed by atoms with Gasteiger partial charge in [0, 0.05) is 25.7 Å². The number of carbonyl (C=O) groups excluding carboxylic acids is 1. The molecule has 5 heteroatoms. The van der Waals surface area contributed by atoms with E-state index in [0.717, 1.165) is 73.0 Å². The lowest BCUT2D eigenvalue weighted by molar-refractivity contribution is 0.123. The van der Waals surface area contributed by atoms with E-state index in [1.807, 2.05) is 43.9 Å². The summed E-state index contributed by atoms with van der Waals surface area (Å²) in [6.45, 7) is 13.7. The maximum absolute atomic E-state index is 12.9. The Morgan fingerprint density at radius 1 is 1.21 bits per heavy atom. The lowest BCUT2D eigenvalue weighted by atomic mass is 9.87. The second-order valence-electron chi connectivity index (χ2n) is 9.39. The van der Waals surface area contributed by atoms with E-state index in [0.29, 0.717) is 11.1 Å². The van der Waals surface area contributed by atoms with E-state index in [1.54, 1.807) is 18.0 Å². The standard InChI is InChI=1S/C28H38N2O3/c1-7-8-9-11-21-17-24(31)26(23-16-19(4)12-13-22(23)18(2)3)27(32)25(21)20(5)29(6)28(33)30-14-10-15-30/h12-13,16-17,20,31-32H,2,7-11,14-15H2,1,3-6H3. The van der Waals surface area contributed by atoms with E-state index in [9.17, 15) is 15.0 Å². The molecule has 33 heavy (non-hydrogen) atoms. The monoisotopic (exact) mass is 450 g/mol. The molecular formula is C28H38N2O3. The van der Waals surface area contributed by atoms with Gasteiger partial charge in [-0.1, -0.05) is 55.7 Å². The summed E-state index contributed by atoms with van der Waals surface area (Å²) >= 11 is 0. The number of aryl methyl sites for hydroxylation is 2. The number of amides is 2. The Hall–Kier alpha value is -2.95. The van der Waals surface area contributed by atoms with Gasteiger partial charge in [0.2, 0.25) is 0 Å². The van der Waals surface area contributed by atoms with Gasteiger partial charge in [-0.25, -0.2) is 4.79 Å². The van der Waals surface area contributed by atoms with Crippen LogP contribution < -0.4 is 0 Å². The van der Waals surface area contributed by atoms with Gasteiger partial charge < -0.3 is 20.0 Å². The molecule has 1 fully saturated rings. The first-order valence-electron chi connectivity index (χ1n) is 12.0. The van der Waals surface area contributed by atoms with E-state index in [2.05, 4.69) is 13.5 Å². The summed E-state index contributed by atoms with van der Waals surface area (Å²) in [6, 6.07) is 7.36. The molecule has 1 heterocycles. The fourth-order valence-corrected chi connectivity index (χ4v) is 4.55. The Kier molecular flexibility index (Phi) is 7.72. The van der Waals surface area contributed by atoms with Crippen molar-refractivity contribution in [2.75, 3.05) is 20.1 Å². The van der Waals surface area contributed by atoms with Gasteiger partial charge in [0.25, 0.3) is 0 Å². The molecule has 0 bridgehead atoms. The van der Waals surface area contributed by atoms with Gasteiger partial charge in [-0.3, -0.25) is 0 Å². The predicted molar refractivity (Wildman–Crippen MR) is 136 cm³/mol. The zero-order valence-corrected chi connectivity index (χ0v) is 20.7. The molecular weight excluding hydrogens is 412 g/mol. The summed E-state index contributed by atoms with van der Waals surface area (Å²) in [5, 5.41) is 22.7. The molecule has 178 valence electrons. The number of phenolic OH excluding ortho intramolecular Hbond substituents is 2. The van der Waals surface area contributed by atoms with Crippen molar-refractivity contribution in [1.82, 2.24) is 9.80 Å². The molecule has 1 aliphatic heterocycles. The van der Waals surface area contributed by atoms with Gasteiger partial charge in [0.05, 0.1) is 11.6 Å². The normalized spacial score (nSPS) is 14.0. The number of hydrogen-bond donors (Lipinski definition) is 2. The van der Waals surface area contributed by atoms with Crippen LogP contribution in [0.25, 0.3) is 16.7 Å². The Morgan fingerprint density at radius 2 is 1.91 bits per heavy atom. The van der Waals surface area contributed by atoms with Crippen LogP contribution in [-0.2, 0) is 6.42 Å². The lowest BCUT2D eigenvalue weighted by Crippen LogP contribution is -2.49. The molecule has 2 N–H and O–H groups in total. The molecule has 3 rings (SSSR count). The third-order valence-electron chi connectivity index (χ3n) is 6.79. The molecule has 5 nitrogen and oxygen atoms in total. The van der Waals surface area contributed by atoms with Crippen LogP contribution >= 0.6 is 0 Å². The summed E-state index contributed by atoms with van der Waals surface area (Å²) in [5.74, 6) is 0.102. The summed E-state index contributed by atoms with van der Waals surface area (Å²) in [5.41, 5.74) is 5.53. The highest BCUT2D eigenvalue weighted by molar-refractivity contribution is 5.88.